The van der Waals surface area contributed by atoms with Crippen LogP contribution >= 0.6 is 24.4 Å². The molecule has 20 heavy (non-hydrogen) atoms. The number of hydrogen-bond acceptors (Lipinski definition) is 7. The largest absolute Gasteiger partial charge is 0.237 e. The Balaban J connectivity index is 0.00000200. The molecule has 2 rings (SSSR count). The predicted molar refractivity (Wildman–Crippen MR) is 80.3 cm³/mol. The van der Waals surface area contributed by atoms with Crippen LogP contribution in [0.5, 0.6) is 0 Å². The molecule has 0 atom stereocenters. The molecular weight excluding hydrogens is 337 g/mol. The number of thiocarbonyl (C=S) groups is 2. The normalized spacial score (nSPS) is 8.60. The zero-order valence-corrected chi connectivity index (χ0v) is 12.6. The van der Waals surface area contributed by atoms with E-state index in [1.165, 1.54) is 5.01 Å². The van der Waals surface area contributed by atoms with Crippen molar-refractivity contribution < 1.29 is 16.8 Å². The zero-order chi connectivity index (χ0) is 13.5. The minimum atomic E-state index is 0. The summed E-state index contributed by atoms with van der Waals surface area (Å²) >= 11 is 9.27. The van der Waals surface area contributed by atoms with Crippen LogP contribution in [0.15, 0.2) is 52.8 Å². The van der Waals surface area contributed by atoms with Gasteiger partial charge < -0.3 is 0 Å². The first-order chi connectivity index (χ1) is 9.36. The van der Waals surface area contributed by atoms with Gasteiger partial charge in [0.1, 0.15) is 5.69 Å². The Morgan fingerprint density at radius 3 is 2.45 bits per heavy atom. The van der Waals surface area contributed by atoms with Crippen molar-refractivity contribution in [2.24, 2.45) is 10.1 Å². The van der Waals surface area contributed by atoms with Crippen LogP contribution in [0.4, 0.5) is 17.3 Å². The van der Waals surface area contributed by atoms with Crippen LogP contribution in [0.3, 0.4) is 0 Å². The third-order valence-corrected chi connectivity index (χ3v) is 2.31. The fourth-order valence-corrected chi connectivity index (χ4v) is 1.60. The van der Waals surface area contributed by atoms with Crippen LogP contribution in [0.2, 0.25) is 0 Å². The maximum atomic E-state index is 4.66. The number of rotatable bonds is 4. The number of hydrazone groups is 1. The Morgan fingerprint density at radius 2 is 1.80 bits per heavy atom. The van der Waals surface area contributed by atoms with Gasteiger partial charge in [0, 0.05) is 29.2 Å². The molecule has 8 heteroatoms. The Kier molecular flexibility index (Phi) is 6.82. The summed E-state index contributed by atoms with van der Waals surface area (Å²) in [6.45, 7) is 0. The number of pyridine rings is 2. The molecule has 2 heterocycles. The van der Waals surface area contributed by atoms with Gasteiger partial charge >= 0.3 is 0 Å². The number of aliphatic imine (C=N–C) groups is 1. The summed E-state index contributed by atoms with van der Waals surface area (Å²) in [5, 5.41) is 10.0. The van der Waals surface area contributed by atoms with E-state index < -0.39 is 0 Å². The fraction of sp³-hybridized carbons (Fsp3) is 0. The number of hydrogen-bond donors (Lipinski definition) is 0. The van der Waals surface area contributed by atoms with Crippen molar-refractivity contribution in [2.75, 3.05) is 5.01 Å². The minimum absolute atomic E-state index is 0. The average molecular weight is 344 g/mol. The molecule has 0 aliphatic carbocycles. The van der Waals surface area contributed by atoms with Crippen LogP contribution < -0.4 is 5.01 Å². The van der Waals surface area contributed by atoms with Crippen LogP contribution in [0.25, 0.3) is 0 Å². The van der Waals surface area contributed by atoms with Crippen LogP contribution in [-0.4, -0.2) is 20.3 Å². The molecule has 0 amide bonds. The first-order valence-electron chi connectivity index (χ1n) is 5.18. The second-order valence-corrected chi connectivity index (χ2v) is 3.61. The van der Waals surface area contributed by atoms with Crippen molar-refractivity contribution in [2.45, 2.75) is 0 Å². The monoisotopic (exact) mass is 344 g/mol. The van der Waals surface area contributed by atoms with Gasteiger partial charge in [-0.15, -0.1) is 5.10 Å². The van der Waals surface area contributed by atoms with Gasteiger partial charge in [-0.25, -0.2) is 9.97 Å². The third-order valence-electron chi connectivity index (χ3n) is 2.14. The zero-order valence-electron chi connectivity index (χ0n) is 9.93. The van der Waals surface area contributed by atoms with E-state index in [2.05, 4.69) is 54.8 Å². The number of isothiocyanates is 2. The van der Waals surface area contributed by atoms with Crippen LogP contribution in [0, 0.1) is 0 Å². The predicted octanol–water partition coefficient (Wildman–Crippen LogP) is 3.36. The van der Waals surface area contributed by atoms with Gasteiger partial charge in [-0.2, -0.15) is 10.0 Å². The van der Waals surface area contributed by atoms with Crippen molar-refractivity contribution in [3.8, 4) is 0 Å². The molecule has 0 bridgehead atoms. The molecule has 0 fully saturated rings. The Morgan fingerprint density at radius 1 is 1.00 bits per heavy atom. The van der Waals surface area contributed by atoms with E-state index in [1.54, 1.807) is 36.7 Å². The quantitative estimate of drug-likeness (QED) is 0.484. The minimum Gasteiger partial charge on any atom is -0.237 e. The van der Waals surface area contributed by atoms with Gasteiger partial charge in [0.05, 0.1) is 10.3 Å². The summed E-state index contributed by atoms with van der Waals surface area (Å²) < 4.78 is 0. The standard InChI is InChI=1S/C12H7N5S2.Co/c18-8-15-10-4-3-7-14-12(10)17(16-9-19)11-5-1-2-6-13-11;/h1-7H;. The van der Waals surface area contributed by atoms with Gasteiger partial charge in [-0.05, 0) is 48.7 Å². The van der Waals surface area contributed by atoms with E-state index in [0.717, 1.165) is 0 Å². The van der Waals surface area contributed by atoms with Crippen LogP contribution in [-0.2, 0) is 16.8 Å². The maximum Gasteiger partial charge on any atom is 0.183 e. The molecule has 0 unspecified atom stereocenters. The van der Waals surface area contributed by atoms with Gasteiger partial charge in [0.25, 0.3) is 0 Å². The van der Waals surface area contributed by atoms with Crippen molar-refractivity contribution >= 4 is 52.1 Å². The fourth-order valence-electron chi connectivity index (χ4n) is 1.42. The smallest absolute Gasteiger partial charge is 0.183 e. The first-order valence-corrected chi connectivity index (χ1v) is 6.00. The van der Waals surface area contributed by atoms with Gasteiger partial charge in [-0.1, -0.05) is 6.07 Å². The van der Waals surface area contributed by atoms with Crippen molar-refractivity contribution in [3.63, 3.8) is 0 Å². The summed E-state index contributed by atoms with van der Waals surface area (Å²) in [5.41, 5.74) is 0.525. The summed E-state index contributed by atoms with van der Waals surface area (Å²) in [7, 11) is 0. The van der Waals surface area contributed by atoms with Gasteiger partial charge in [0.15, 0.2) is 11.6 Å². The number of aromatic nitrogens is 2. The molecule has 1 radical (unpaired) electrons. The molecule has 0 saturated heterocycles. The molecule has 0 aliphatic heterocycles. The van der Waals surface area contributed by atoms with Crippen molar-refractivity contribution in [1.29, 1.82) is 0 Å². The van der Waals surface area contributed by atoms with Gasteiger partial charge in [0.2, 0.25) is 0 Å². The summed E-state index contributed by atoms with van der Waals surface area (Å²) in [4.78, 5) is 12.4. The molecule has 5 nitrogen and oxygen atoms in total. The van der Waals surface area contributed by atoms with E-state index in [1.807, 2.05) is 6.07 Å². The Labute approximate surface area is 136 Å². The molecule has 0 aromatic carbocycles. The molecule has 0 N–H and O–H groups in total. The third kappa shape index (κ3) is 3.85. The summed E-state index contributed by atoms with van der Waals surface area (Å²) in [6.07, 6.45) is 3.26. The second-order valence-electron chi connectivity index (χ2n) is 3.24. The number of anilines is 2. The summed E-state index contributed by atoms with van der Waals surface area (Å²) in [6, 6.07) is 8.90. The van der Waals surface area contributed by atoms with E-state index >= 15 is 0 Å². The Hall–Kier alpha value is -1.79. The van der Waals surface area contributed by atoms with Gasteiger partial charge in [-0.3, -0.25) is 0 Å². The molecule has 2 aromatic heterocycles. The maximum absolute atomic E-state index is 4.66. The SMILES string of the molecule is S=C=Nc1cccnc1N(N=C=S)c1ccccn1.[Co]. The molecule has 0 saturated carbocycles. The number of nitrogens with zero attached hydrogens (tertiary/aromatic N) is 5. The molecule has 0 spiro atoms. The molecular formula is C12H7CoN5S2. The molecule has 101 valence electrons. The van der Waals surface area contributed by atoms with E-state index in [4.69, 9.17) is 0 Å². The van der Waals surface area contributed by atoms with Crippen molar-refractivity contribution in [3.05, 3.63) is 42.7 Å². The van der Waals surface area contributed by atoms with Crippen molar-refractivity contribution in [1.82, 2.24) is 9.97 Å². The second kappa shape index (κ2) is 8.39. The first kappa shape index (κ1) is 16.3. The molecule has 0 aliphatic rings. The Bertz CT molecular complexity index is 667. The van der Waals surface area contributed by atoms with Crippen LogP contribution in [0.1, 0.15) is 0 Å². The average Bonchev–Trinajstić information content (AvgIpc) is 2.47. The van der Waals surface area contributed by atoms with E-state index in [-0.39, 0.29) is 16.8 Å². The van der Waals surface area contributed by atoms with E-state index in [9.17, 15) is 0 Å². The summed E-state index contributed by atoms with van der Waals surface area (Å²) in [5.74, 6) is 1.01. The van der Waals surface area contributed by atoms with E-state index in [0.29, 0.717) is 17.3 Å². The molecule has 2 aromatic rings. The topological polar surface area (TPSA) is 53.7 Å².